The Morgan fingerprint density at radius 3 is 2.49 bits per heavy atom. The standard InChI is InChI=1S/C23H20N8O2.C2H6/c1-14-29-26-13-30(14)20-10-9-19-23(28-20)31(22(27-19)18-4-3-11-25-21(18)24)17-7-5-16(6-8-17)12-33-15(2)32;1-2/h3-11,13H,12H2,1-2H3,(H2,24,25);1-2H3. The Morgan fingerprint density at radius 1 is 1.06 bits per heavy atom. The molecule has 0 fully saturated rings. The molecule has 0 aliphatic heterocycles. The molecule has 178 valence electrons. The summed E-state index contributed by atoms with van der Waals surface area (Å²) in [7, 11) is 0. The van der Waals surface area contributed by atoms with Gasteiger partial charge in [-0.1, -0.05) is 26.0 Å². The number of hydrogen-bond acceptors (Lipinski definition) is 8. The van der Waals surface area contributed by atoms with Crippen molar-refractivity contribution in [1.29, 1.82) is 0 Å². The van der Waals surface area contributed by atoms with Gasteiger partial charge < -0.3 is 10.5 Å². The van der Waals surface area contributed by atoms with Crippen molar-refractivity contribution in [3.8, 4) is 22.9 Å². The number of fused-ring (bicyclic) bond motifs is 1. The van der Waals surface area contributed by atoms with Crippen molar-refractivity contribution in [2.75, 3.05) is 5.73 Å². The number of pyridine rings is 2. The van der Waals surface area contributed by atoms with Crippen molar-refractivity contribution in [1.82, 2.24) is 34.3 Å². The van der Waals surface area contributed by atoms with Crippen LogP contribution >= 0.6 is 0 Å². The first-order chi connectivity index (χ1) is 17.0. The number of ether oxygens (including phenoxy) is 1. The van der Waals surface area contributed by atoms with Crippen molar-refractivity contribution < 1.29 is 9.53 Å². The molecule has 5 aromatic rings. The van der Waals surface area contributed by atoms with E-state index in [0.29, 0.717) is 34.2 Å². The van der Waals surface area contributed by atoms with Gasteiger partial charge in [-0.2, -0.15) is 0 Å². The van der Waals surface area contributed by atoms with Crippen LogP contribution in [-0.2, 0) is 16.1 Å². The average molecular weight is 471 g/mol. The Labute approximate surface area is 202 Å². The zero-order chi connectivity index (χ0) is 24.9. The van der Waals surface area contributed by atoms with Crippen LogP contribution in [0.2, 0.25) is 0 Å². The van der Waals surface area contributed by atoms with Gasteiger partial charge in [0.15, 0.2) is 11.5 Å². The van der Waals surface area contributed by atoms with Gasteiger partial charge in [-0.15, -0.1) is 10.2 Å². The minimum Gasteiger partial charge on any atom is -0.461 e. The summed E-state index contributed by atoms with van der Waals surface area (Å²) in [4.78, 5) is 25.0. The molecule has 1 aromatic carbocycles. The maximum absolute atomic E-state index is 11.1. The molecule has 4 aromatic heterocycles. The Bertz CT molecular complexity index is 1470. The number of nitrogen functional groups attached to an aromatic ring is 1. The van der Waals surface area contributed by atoms with Crippen LogP contribution in [0.1, 0.15) is 32.2 Å². The summed E-state index contributed by atoms with van der Waals surface area (Å²) in [5, 5.41) is 8.00. The predicted molar refractivity (Wildman–Crippen MR) is 133 cm³/mol. The number of nitrogens with zero attached hydrogens (tertiary/aromatic N) is 7. The topological polar surface area (TPSA) is 127 Å². The van der Waals surface area contributed by atoms with E-state index in [1.54, 1.807) is 17.1 Å². The van der Waals surface area contributed by atoms with Crippen LogP contribution in [-0.4, -0.2) is 40.3 Å². The van der Waals surface area contributed by atoms with Gasteiger partial charge in [0.05, 0.1) is 5.56 Å². The molecule has 0 aliphatic carbocycles. The third kappa shape index (κ3) is 4.72. The number of carbonyl (C=O) groups is 1. The van der Waals surface area contributed by atoms with E-state index in [-0.39, 0.29) is 12.6 Å². The van der Waals surface area contributed by atoms with Gasteiger partial charge in [-0.05, 0) is 48.9 Å². The van der Waals surface area contributed by atoms with Crippen LogP contribution in [0.15, 0.2) is 61.1 Å². The minimum absolute atomic E-state index is 0.206. The molecule has 10 nitrogen and oxygen atoms in total. The number of imidazole rings is 1. The second-order valence-corrected chi connectivity index (χ2v) is 7.41. The van der Waals surface area contributed by atoms with Gasteiger partial charge >= 0.3 is 5.97 Å². The number of rotatable bonds is 5. The molecule has 0 bridgehead atoms. The maximum atomic E-state index is 11.1. The average Bonchev–Trinajstić information content (AvgIpc) is 3.47. The lowest BCUT2D eigenvalue weighted by atomic mass is 10.2. The number of anilines is 1. The van der Waals surface area contributed by atoms with Crippen LogP contribution in [0.25, 0.3) is 34.1 Å². The summed E-state index contributed by atoms with van der Waals surface area (Å²) >= 11 is 0. The van der Waals surface area contributed by atoms with Crippen molar-refractivity contribution in [2.24, 2.45) is 0 Å². The predicted octanol–water partition coefficient (Wildman–Crippen LogP) is 4.04. The minimum atomic E-state index is -0.324. The smallest absolute Gasteiger partial charge is 0.302 e. The summed E-state index contributed by atoms with van der Waals surface area (Å²) < 4.78 is 8.83. The highest BCUT2D eigenvalue weighted by Crippen LogP contribution is 2.31. The molecule has 0 amide bonds. The Hall–Kier alpha value is -4.60. The molecular weight excluding hydrogens is 444 g/mol. The Kier molecular flexibility index (Phi) is 6.81. The molecule has 0 saturated heterocycles. The summed E-state index contributed by atoms with van der Waals surface area (Å²) in [6.45, 7) is 7.45. The summed E-state index contributed by atoms with van der Waals surface area (Å²) in [5.74, 6) is 2.06. The first-order valence-corrected chi connectivity index (χ1v) is 11.2. The zero-order valence-electron chi connectivity index (χ0n) is 20.0. The molecule has 0 saturated carbocycles. The van der Waals surface area contributed by atoms with E-state index in [9.17, 15) is 4.79 Å². The molecule has 0 atom stereocenters. The Balaban J connectivity index is 0.00000141. The van der Waals surface area contributed by atoms with E-state index in [0.717, 1.165) is 17.1 Å². The highest BCUT2D eigenvalue weighted by atomic mass is 16.5. The lowest BCUT2D eigenvalue weighted by Gasteiger charge is -2.11. The summed E-state index contributed by atoms with van der Waals surface area (Å²) in [6.07, 6.45) is 3.26. The van der Waals surface area contributed by atoms with Crippen LogP contribution in [0, 0.1) is 6.92 Å². The van der Waals surface area contributed by atoms with E-state index >= 15 is 0 Å². The molecule has 35 heavy (non-hydrogen) atoms. The van der Waals surface area contributed by atoms with Gasteiger partial charge in [-0.25, -0.2) is 15.0 Å². The summed E-state index contributed by atoms with van der Waals surface area (Å²) in [6, 6.07) is 15.1. The molecule has 0 aliphatic rings. The number of benzene rings is 1. The molecule has 0 radical (unpaired) electrons. The number of nitrogens with two attached hydrogens (primary N) is 1. The van der Waals surface area contributed by atoms with Crippen LogP contribution in [0.3, 0.4) is 0 Å². The van der Waals surface area contributed by atoms with Crippen LogP contribution in [0.4, 0.5) is 5.82 Å². The number of esters is 1. The van der Waals surface area contributed by atoms with E-state index in [1.807, 2.05) is 73.9 Å². The largest absolute Gasteiger partial charge is 0.461 e. The Morgan fingerprint density at radius 2 is 1.83 bits per heavy atom. The second-order valence-electron chi connectivity index (χ2n) is 7.41. The van der Waals surface area contributed by atoms with Crippen LogP contribution < -0.4 is 5.73 Å². The fourth-order valence-corrected chi connectivity index (χ4v) is 3.56. The lowest BCUT2D eigenvalue weighted by Crippen LogP contribution is -2.04. The van der Waals surface area contributed by atoms with E-state index in [1.165, 1.54) is 6.92 Å². The molecule has 0 unspecified atom stereocenters. The zero-order valence-corrected chi connectivity index (χ0v) is 20.0. The van der Waals surface area contributed by atoms with Crippen molar-refractivity contribution in [2.45, 2.75) is 34.3 Å². The lowest BCUT2D eigenvalue weighted by molar-refractivity contribution is -0.142. The normalized spacial score (nSPS) is 10.6. The number of carbonyl (C=O) groups excluding carboxylic acids is 1. The fourth-order valence-electron chi connectivity index (χ4n) is 3.56. The highest BCUT2D eigenvalue weighted by molar-refractivity contribution is 5.83. The quantitative estimate of drug-likeness (QED) is 0.381. The maximum Gasteiger partial charge on any atom is 0.302 e. The van der Waals surface area contributed by atoms with Crippen molar-refractivity contribution in [3.05, 3.63) is 72.4 Å². The fraction of sp³-hybridized carbons (Fsp3) is 0.200. The van der Waals surface area contributed by atoms with Crippen LogP contribution in [0.5, 0.6) is 0 Å². The molecule has 4 heterocycles. The molecule has 10 heteroatoms. The molecule has 0 spiro atoms. The van der Waals surface area contributed by atoms with Crippen molar-refractivity contribution in [3.63, 3.8) is 0 Å². The van der Waals surface area contributed by atoms with Gasteiger partial charge in [0.25, 0.3) is 0 Å². The van der Waals surface area contributed by atoms with Gasteiger partial charge in [0.1, 0.15) is 35.9 Å². The van der Waals surface area contributed by atoms with Gasteiger partial charge in [0.2, 0.25) is 0 Å². The van der Waals surface area contributed by atoms with Crippen molar-refractivity contribution >= 4 is 23.0 Å². The molecule has 2 N–H and O–H groups in total. The van der Waals surface area contributed by atoms with E-state index in [4.69, 9.17) is 20.4 Å². The number of hydrogen-bond donors (Lipinski definition) is 1. The monoisotopic (exact) mass is 470 g/mol. The van der Waals surface area contributed by atoms with Gasteiger partial charge in [0, 0.05) is 18.8 Å². The SMILES string of the molecule is CC.CC(=O)OCc1ccc(-n2c(-c3cccnc3N)nc3ccc(-n4cnnc4C)nc32)cc1. The molecular formula is C25H26N8O2. The van der Waals surface area contributed by atoms with Gasteiger partial charge in [-0.3, -0.25) is 13.9 Å². The number of aromatic nitrogens is 7. The third-order valence-electron chi connectivity index (χ3n) is 5.17. The first-order valence-electron chi connectivity index (χ1n) is 11.2. The second kappa shape index (κ2) is 10.1. The van der Waals surface area contributed by atoms with E-state index < -0.39 is 0 Å². The van der Waals surface area contributed by atoms with E-state index in [2.05, 4.69) is 15.2 Å². The number of aryl methyl sites for hydroxylation is 1. The molecule has 5 rings (SSSR count). The highest BCUT2D eigenvalue weighted by Gasteiger charge is 2.19. The first kappa shape index (κ1) is 23.6. The summed E-state index contributed by atoms with van der Waals surface area (Å²) in [5.41, 5.74) is 9.92. The third-order valence-corrected chi connectivity index (χ3v) is 5.17.